The fourth-order valence-corrected chi connectivity index (χ4v) is 3.34. The van der Waals surface area contributed by atoms with Gasteiger partial charge >= 0.3 is 0 Å². The summed E-state index contributed by atoms with van der Waals surface area (Å²) in [6.07, 6.45) is 2.36. The zero-order valence-electron chi connectivity index (χ0n) is 18.6. The van der Waals surface area contributed by atoms with Gasteiger partial charge in [-0.05, 0) is 65.5 Å². The first kappa shape index (κ1) is 23.3. The molecule has 1 heterocycles. The fourth-order valence-electron chi connectivity index (χ4n) is 3.34. The lowest BCUT2D eigenvalue weighted by Gasteiger charge is -2.20. The first-order valence-electron chi connectivity index (χ1n) is 10.8. The number of aliphatic imine (C=N–C) groups is 1. The number of rotatable bonds is 10. The summed E-state index contributed by atoms with van der Waals surface area (Å²) in [5.41, 5.74) is 0. The van der Waals surface area contributed by atoms with Gasteiger partial charge in [-0.15, -0.1) is 0 Å². The molecule has 1 aromatic rings. The van der Waals surface area contributed by atoms with E-state index in [0.717, 1.165) is 43.5 Å². The Hall–Kier alpha value is -1.99. The van der Waals surface area contributed by atoms with E-state index in [1.54, 1.807) is 7.11 Å². The number of hydrogen-bond donors (Lipinski definition) is 2. The molecule has 0 aliphatic carbocycles. The number of benzene rings is 1. The summed E-state index contributed by atoms with van der Waals surface area (Å²) in [7, 11) is 3.87. The van der Waals surface area contributed by atoms with Crippen LogP contribution in [0.3, 0.4) is 0 Å². The van der Waals surface area contributed by atoms with Crippen molar-refractivity contribution in [3.05, 3.63) is 24.3 Å². The Morgan fingerprint density at radius 2 is 2.00 bits per heavy atom. The molecule has 7 heteroatoms. The zero-order valence-corrected chi connectivity index (χ0v) is 18.6. The van der Waals surface area contributed by atoms with Crippen molar-refractivity contribution in [1.82, 2.24) is 20.4 Å². The summed E-state index contributed by atoms with van der Waals surface area (Å²) < 4.78 is 11.2. The number of methoxy groups -OCH3 is 1. The fraction of sp³-hybridized carbons (Fsp3) is 0.682. The van der Waals surface area contributed by atoms with Crippen LogP contribution in [0.5, 0.6) is 11.5 Å². The quantitative estimate of drug-likeness (QED) is 0.353. The van der Waals surface area contributed by atoms with E-state index in [0.29, 0.717) is 6.54 Å². The second kappa shape index (κ2) is 13.3. The first-order chi connectivity index (χ1) is 14.1. The molecule has 1 fully saturated rings. The Kier molecular flexibility index (Phi) is 10.7. The third-order valence-corrected chi connectivity index (χ3v) is 4.98. The number of nitrogens with one attached hydrogen (secondary N) is 2. The van der Waals surface area contributed by atoms with Crippen LogP contribution in [-0.2, 0) is 0 Å². The van der Waals surface area contributed by atoms with Gasteiger partial charge in [-0.1, -0.05) is 6.07 Å². The molecule has 2 N–H and O–H groups in total. The third kappa shape index (κ3) is 9.37. The molecular weight excluding hydrogens is 366 g/mol. The highest BCUT2D eigenvalue weighted by Gasteiger charge is 2.11. The van der Waals surface area contributed by atoms with E-state index >= 15 is 0 Å². The molecule has 1 atom stereocenters. The van der Waals surface area contributed by atoms with E-state index < -0.39 is 0 Å². The summed E-state index contributed by atoms with van der Waals surface area (Å²) in [5.74, 6) is 2.45. The Balaban J connectivity index is 1.72. The Labute approximate surface area is 176 Å². The van der Waals surface area contributed by atoms with Crippen LogP contribution in [0.2, 0.25) is 0 Å². The third-order valence-electron chi connectivity index (χ3n) is 4.98. The minimum Gasteiger partial charge on any atom is -0.497 e. The lowest BCUT2D eigenvalue weighted by atomic mass is 10.3. The maximum Gasteiger partial charge on any atom is 0.191 e. The number of guanidine groups is 1. The second-order valence-corrected chi connectivity index (χ2v) is 7.61. The summed E-state index contributed by atoms with van der Waals surface area (Å²) >= 11 is 0. The molecule has 2 rings (SSSR count). The van der Waals surface area contributed by atoms with Crippen molar-refractivity contribution in [2.24, 2.45) is 4.99 Å². The van der Waals surface area contributed by atoms with E-state index in [1.807, 2.05) is 31.2 Å². The number of hydrogen-bond acceptors (Lipinski definition) is 5. The molecule has 0 bridgehead atoms. The molecule has 1 aliphatic heterocycles. The topological polar surface area (TPSA) is 61.4 Å². The standard InChI is InChI=1S/C22H39N5O2/c1-5-23-22(24-11-7-13-27-14-8-12-26(3)15-16-27)25-18-19(2)29-21-10-6-9-20(17-21)28-4/h6,9-10,17,19H,5,7-8,11-16,18H2,1-4H3,(H2,23,24,25). The maximum absolute atomic E-state index is 5.96. The largest absolute Gasteiger partial charge is 0.497 e. The lowest BCUT2D eigenvalue weighted by molar-refractivity contribution is 0.229. The Morgan fingerprint density at radius 1 is 1.17 bits per heavy atom. The molecule has 7 nitrogen and oxygen atoms in total. The van der Waals surface area contributed by atoms with Crippen LogP contribution >= 0.6 is 0 Å². The van der Waals surface area contributed by atoms with Crippen molar-refractivity contribution in [2.45, 2.75) is 32.8 Å². The molecule has 0 spiro atoms. The smallest absolute Gasteiger partial charge is 0.191 e. The van der Waals surface area contributed by atoms with E-state index in [4.69, 9.17) is 9.47 Å². The van der Waals surface area contributed by atoms with Crippen molar-refractivity contribution in [3.63, 3.8) is 0 Å². The molecule has 164 valence electrons. The molecular formula is C22H39N5O2. The lowest BCUT2D eigenvalue weighted by Crippen LogP contribution is -2.39. The van der Waals surface area contributed by atoms with Gasteiger partial charge in [0.1, 0.15) is 17.6 Å². The highest BCUT2D eigenvalue weighted by Crippen LogP contribution is 2.19. The molecule has 0 saturated carbocycles. The summed E-state index contributed by atoms with van der Waals surface area (Å²) in [4.78, 5) is 9.67. The Morgan fingerprint density at radius 3 is 2.79 bits per heavy atom. The molecule has 1 saturated heterocycles. The average molecular weight is 406 g/mol. The van der Waals surface area contributed by atoms with Crippen LogP contribution in [0, 0.1) is 0 Å². The molecule has 0 aromatic heterocycles. The maximum atomic E-state index is 5.96. The van der Waals surface area contributed by atoms with Crippen molar-refractivity contribution in [2.75, 3.05) is 66.5 Å². The predicted octanol–water partition coefficient (Wildman–Crippen LogP) is 2.05. The van der Waals surface area contributed by atoms with Crippen LogP contribution in [0.15, 0.2) is 29.3 Å². The minimum atomic E-state index is -0.0216. The van der Waals surface area contributed by atoms with Gasteiger partial charge in [0.05, 0.1) is 13.7 Å². The first-order valence-corrected chi connectivity index (χ1v) is 10.8. The summed E-state index contributed by atoms with van der Waals surface area (Å²) in [5, 5.41) is 6.77. The van der Waals surface area contributed by atoms with Crippen LogP contribution in [0.25, 0.3) is 0 Å². The SMILES string of the molecule is CCNC(=NCC(C)Oc1cccc(OC)c1)NCCCN1CCCN(C)CC1. The zero-order chi connectivity index (χ0) is 20.9. The highest BCUT2D eigenvalue weighted by molar-refractivity contribution is 5.79. The Bertz CT molecular complexity index is 611. The minimum absolute atomic E-state index is 0.0216. The second-order valence-electron chi connectivity index (χ2n) is 7.61. The average Bonchev–Trinajstić information content (AvgIpc) is 2.93. The summed E-state index contributed by atoms with van der Waals surface area (Å²) in [6, 6.07) is 7.67. The summed E-state index contributed by atoms with van der Waals surface area (Å²) in [6.45, 7) is 12.4. The van der Waals surface area contributed by atoms with Crippen molar-refractivity contribution in [3.8, 4) is 11.5 Å². The highest BCUT2D eigenvalue weighted by atomic mass is 16.5. The van der Waals surface area contributed by atoms with Crippen molar-refractivity contribution < 1.29 is 9.47 Å². The van der Waals surface area contributed by atoms with Gasteiger partial charge in [-0.3, -0.25) is 0 Å². The van der Waals surface area contributed by atoms with Gasteiger partial charge in [0.15, 0.2) is 5.96 Å². The van der Waals surface area contributed by atoms with Gasteiger partial charge in [-0.2, -0.15) is 0 Å². The van der Waals surface area contributed by atoms with Gasteiger partial charge in [0, 0.05) is 32.2 Å². The van der Waals surface area contributed by atoms with Gasteiger partial charge in [-0.25, -0.2) is 4.99 Å². The van der Waals surface area contributed by atoms with E-state index in [9.17, 15) is 0 Å². The molecule has 29 heavy (non-hydrogen) atoms. The molecule has 0 radical (unpaired) electrons. The van der Waals surface area contributed by atoms with Gasteiger partial charge in [0.25, 0.3) is 0 Å². The van der Waals surface area contributed by atoms with E-state index in [-0.39, 0.29) is 6.10 Å². The van der Waals surface area contributed by atoms with Crippen LogP contribution in [0.1, 0.15) is 26.7 Å². The molecule has 1 aliphatic rings. The normalized spacial score (nSPS) is 17.4. The molecule has 0 amide bonds. The van der Waals surface area contributed by atoms with E-state index in [1.165, 1.54) is 32.6 Å². The van der Waals surface area contributed by atoms with Gasteiger partial charge < -0.3 is 29.9 Å². The van der Waals surface area contributed by atoms with Crippen molar-refractivity contribution >= 4 is 5.96 Å². The van der Waals surface area contributed by atoms with Crippen molar-refractivity contribution in [1.29, 1.82) is 0 Å². The number of nitrogens with zero attached hydrogens (tertiary/aromatic N) is 3. The number of likely N-dealkylation sites (N-methyl/N-ethyl adjacent to an activating group) is 1. The predicted molar refractivity (Wildman–Crippen MR) is 120 cm³/mol. The molecule has 1 unspecified atom stereocenters. The number of ether oxygens (including phenoxy) is 2. The van der Waals surface area contributed by atoms with Gasteiger partial charge in [0.2, 0.25) is 0 Å². The van der Waals surface area contributed by atoms with Crippen LogP contribution in [0.4, 0.5) is 0 Å². The monoisotopic (exact) mass is 405 g/mol. The van der Waals surface area contributed by atoms with Crippen LogP contribution in [-0.4, -0.2) is 88.4 Å². The molecule has 1 aromatic carbocycles. The van der Waals surface area contributed by atoms with Crippen LogP contribution < -0.4 is 20.1 Å². The van der Waals surface area contributed by atoms with E-state index in [2.05, 4.69) is 39.4 Å².